The van der Waals surface area contributed by atoms with Gasteiger partial charge in [0, 0.05) is 22.7 Å². The maximum Gasteiger partial charge on any atom is 0.256 e. The van der Waals surface area contributed by atoms with E-state index in [4.69, 9.17) is 9.47 Å². The molecule has 1 saturated heterocycles. The average Bonchev–Trinajstić information content (AvgIpc) is 3.42. The number of hydrogen-bond donors (Lipinski definition) is 1. The van der Waals surface area contributed by atoms with Crippen molar-refractivity contribution in [3.63, 3.8) is 0 Å². The molecule has 0 saturated carbocycles. The van der Waals surface area contributed by atoms with E-state index in [0.717, 1.165) is 21.9 Å². The first kappa shape index (κ1) is 24.9. The summed E-state index contributed by atoms with van der Waals surface area (Å²) in [7, 11) is 1.78. The molecule has 39 heavy (non-hydrogen) atoms. The van der Waals surface area contributed by atoms with Crippen molar-refractivity contribution in [1.29, 1.82) is 0 Å². The van der Waals surface area contributed by atoms with Gasteiger partial charge in [-0.15, -0.1) is 0 Å². The second-order valence-electron chi connectivity index (χ2n) is 10.0. The Hall–Kier alpha value is -4.43. The number of carbonyl (C=O) groups excluding carboxylic acids is 1. The monoisotopic (exact) mass is 523 g/mol. The Morgan fingerprint density at radius 2 is 1.77 bits per heavy atom. The predicted molar refractivity (Wildman–Crippen MR) is 149 cm³/mol. The number of nitrogens with one attached hydrogen (secondary N) is 1. The molecule has 0 bridgehead atoms. The number of anilines is 1. The predicted octanol–water partition coefficient (Wildman–Crippen LogP) is 5.34. The van der Waals surface area contributed by atoms with Gasteiger partial charge in [-0.1, -0.05) is 66.7 Å². The number of likely N-dealkylation sites (tertiary alicyclic amines) is 1. The van der Waals surface area contributed by atoms with Crippen LogP contribution in [-0.2, 0) is 16.9 Å². The number of nitrogens with zero attached hydrogens (tertiary/aromatic N) is 2. The van der Waals surface area contributed by atoms with Crippen LogP contribution in [0.15, 0.2) is 84.9 Å². The Morgan fingerprint density at radius 1 is 1.00 bits per heavy atom. The van der Waals surface area contributed by atoms with Crippen LogP contribution < -0.4 is 14.8 Å². The molecule has 1 amide bonds. The lowest BCUT2D eigenvalue weighted by molar-refractivity contribution is -0.534. The summed E-state index contributed by atoms with van der Waals surface area (Å²) >= 11 is 0. The number of para-hydroxylation sites is 1. The SMILES string of the molecule is CCOc1cc([C@@H]2CN(C)[C@]3(C(=O)Nc4ccccc43)[C@@H]2[N+](=O)[O-])ccc1OCc1cccc2ccccc12. The van der Waals surface area contributed by atoms with E-state index in [2.05, 4.69) is 23.5 Å². The zero-order valence-corrected chi connectivity index (χ0v) is 21.8. The molecule has 3 atom stereocenters. The first-order valence-corrected chi connectivity index (χ1v) is 13.1. The Balaban J connectivity index is 1.34. The molecule has 6 rings (SSSR count). The number of fused-ring (bicyclic) bond motifs is 3. The van der Waals surface area contributed by atoms with Crippen LogP contribution in [0.25, 0.3) is 10.8 Å². The largest absolute Gasteiger partial charge is 0.490 e. The second-order valence-corrected chi connectivity index (χ2v) is 10.0. The standard InChI is InChI=1S/C31H29N3O5/c1-3-38-28-17-21(15-16-27(28)39-19-22-11-8-10-20-9-4-5-12-23(20)22)24-18-33(2)31(29(24)34(36)37)25-13-6-7-14-26(25)32-30(31)35/h4-17,24,29H,3,18-19H2,1-2H3,(H,32,35)/t24-,29+,31-/m0/s1. The molecule has 8 heteroatoms. The number of rotatable bonds is 7. The van der Waals surface area contributed by atoms with Gasteiger partial charge >= 0.3 is 0 Å². The first-order valence-electron chi connectivity index (χ1n) is 13.1. The molecular formula is C31H29N3O5. The van der Waals surface area contributed by atoms with Crippen LogP contribution in [0.2, 0.25) is 0 Å². The van der Waals surface area contributed by atoms with Crippen molar-refractivity contribution >= 4 is 22.4 Å². The fraction of sp³-hybridized carbons (Fsp3) is 0.258. The molecule has 0 aromatic heterocycles. The molecule has 0 aliphatic carbocycles. The van der Waals surface area contributed by atoms with Crippen molar-refractivity contribution in [3.8, 4) is 11.5 Å². The number of benzene rings is 4. The molecule has 1 spiro atoms. The van der Waals surface area contributed by atoms with Gasteiger partial charge in [0.15, 0.2) is 17.0 Å². The Labute approximate surface area is 226 Å². The van der Waals surface area contributed by atoms with E-state index < -0.39 is 17.5 Å². The number of amides is 1. The first-order chi connectivity index (χ1) is 18.9. The number of hydrogen-bond acceptors (Lipinski definition) is 6. The molecule has 2 aliphatic rings. The smallest absolute Gasteiger partial charge is 0.256 e. The summed E-state index contributed by atoms with van der Waals surface area (Å²) in [4.78, 5) is 27.5. The fourth-order valence-corrected chi connectivity index (χ4v) is 6.30. The van der Waals surface area contributed by atoms with E-state index in [1.807, 2.05) is 66.4 Å². The van der Waals surface area contributed by atoms with Crippen molar-refractivity contribution in [2.45, 2.75) is 31.0 Å². The van der Waals surface area contributed by atoms with Crippen molar-refractivity contribution in [2.24, 2.45) is 0 Å². The summed E-state index contributed by atoms with van der Waals surface area (Å²) in [5.41, 5.74) is 1.66. The molecule has 198 valence electrons. The minimum Gasteiger partial charge on any atom is -0.490 e. The zero-order valence-electron chi connectivity index (χ0n) is 21.8. The summed E-state index contributed by atoms with van der Waals surface area (Å²) in [5, 5.41) is 17.8. The molecule has 4 aromatic rings. The topological polar surface area (TPSA) is 93.9 Å². The van der Waals surface area contributed by atoms with Gasteiger partial charge in [-0.2, -0.15) is 0 Å². The highest BCUT2D eigenvalue weighted by molar-refractivity contribution is 6.06. The van der Waals surface area contributed by atoms with Crippen LogP contribution in [0.4, 0.5) is 5.69 Å². The van der Waals surface area contributed by atoms with Gasteiger partial charge in [-0.25, -0.2) is 0 Å². The van der Waals surface area contributed by atoms with Crippen LogP contribution in [0.1, 0.15) is 29.5 Å². The quantitative estimate of drug-likeness (QED) is 0.260. The summed E-state index contributed by atoms with van der Waals surface area (Å²) in [6.45, 7) is 3.00. The van der Waals surface area contributed by atoms with E-state index >= 15 is 0 Å². The van der Waals surface area contributed by atoms with Gasteiger partial charge in [-0.05, 0) is 54.1 Å². The molecular weight excluding hydrogens is 494 g/mol. The Kier molecular flexibility index (Phi) is 6.19. The van der Waals surface area contributed by atoms with Crippen molar-refractivity contribution in [3.05, 3.63) is 112 Å². The number of nitro groups is 1. The van der Waals surface area contributed by atoms with E-state index in [1.54, 1.807) is 19.2 Å². The highest BCUT2D eigenvalue weighted by atomic mass is 16.6. The normalized spacial score (nSPS) is 22.2. The third-order valence-electron chi connectivity index (χ3n) is 8.00. The minimum atomic E-state index is -1.39. The van der Waals surface area contributed by atoms with Gasteiger partial charge in [0.1, 0.15) is 6.61 Å². The highest BCUT2D eigenvalue weighted by Crippen LogP contribution is 2.52. The van der Waals surface area contributed by atoms with E-state index in [9.17, 15) is 14.9 Å². The van der Waals surface area contributed by atoms with Gasteiger partial charge in [0.25, 0.3) is 11.9 Å². The second kappa shape index (κ2) is 9.71. The molecule has 4 aromatic carbocycles. The van der Waals surface area contributed by atoms with E-state index in [-0.39, 0.29) is 10.8 Å². The lowest BCUT2D eigenvalue weighted by atomic mass is 9.79. The molecule has 8 nitrogen and oxygen atoms in total. The third kappa shape index (κ3) is 3.90. The number of ether oxygens (including phenoxy) is 2. The average molecular weight is 524 g/mol. The maximum atomic E-state index is 13.4. The van der Waals surface area contributed by atoms with Crippen molar-refractivity contribution in [1.82, 2.24) is 4.90 Å². The highest BCUT2D eigenvalue weighted by Gasteiger charge is 2.68. The summed E-state index contributed by atoms with van der Waals surface area (Å²) in [6, 6.07) is 25.8. The van der Waals surface area contributed by atoms with Gasteiger partial charge in [0.05, 0.1) is 12.5 Å². The summed E-state index contributed by atoms with van der Waals surface area (Å²) in [6.07, 6.45) is 0. The van der Waals surface area contributed by atoms with Gasteiger partial charge < -0.3 is 14.8 Å². The van der Waals surface area contributed by atoms with Gasteiger partial charge in [-0.3, -0.25) is 19.8 Å². The van der Waals surface area contributed by atoms with Crippen LogP contribution >= 0.6 is 0 Å². The number of carbonyl (C=O) groups is 1. The van der Waals surface area contributed by atoms with Gasteiger partial charge in [0.2, 0.25) is 0 Å². The Morgan fingerprint density at radius 3 is 2.59 bits per heavy atom. The molecule has 2 heterocycles. The van der Waals surface area contributed by atoms with Crippen molar-refractivity contribution in [2.75, 3.05) is 25.5 Å². The van der Waals surface area contributed by atoms with Crippen LogP contribution in [0, 0.1) is 10.1 Å². The molecule has 1 fully saturated rings. The third-order valence-corrected chi connectivity index (χ3v) is 8.00. The molecule has 0 unspecified atom stereocenters. The van der Waals surface area contributed by atoms with E-state index in [1.165, 1.54) is 0 Å². The molecule has 0 radical (unpaired) electrons. The minimum absolute atomic E-state index is 0.304. The lowest BCUT2D eigenvalue weighted by Crippen LogP contribution is -2.54. The van der Waals surface area contributed by atoms with Crippen LogP contribution in [0.3, 0.4) is 0 Å². The molecule has 2 aliphatic heterocycles. The van der Waals surface area contributed by atoms with Crippen molar-refractivity contribution < 1.29 is 19.2 Å². The molecule has 1 N–H and O–H groups in total. The maximum absolute atomic E-state index is 13.4. The number of likely N-dealkylation sites (N-methyl/N-ethyl adjacent to an activating group) is 1. The zero-order chi connectivity index (χ0) is 27.1. The summed E-state index contributed by atoms with van der Waals surface area (Å²) < 4.78 is 12.2. The van der Waals surface area contributed by atoms with Crippen LogP contribution in [0.5, 0.6) is 11.5 Å². The fourth-order valence-electron chi connectivity index (χ4n) is 6.30. The summed E-state index contributed by atoms with van der Waals surface area (Å²) in [5.74, 6) is 0.192. The Bertz CT molecular complexity index is 1580. The van der Waals surface area contributed by atoms with E-state index in [0.29, 0.717) is 42.5 Å². The van der Waals surface area contributed by atoms with Crippen LogP contribution in [-0.4, -0.2) is 42.0 Å². The lowest BCUT2D eigenvalue weighted by Gasteiger charge is -2.30.